The summed E-state index contributed by atoms with van der Waals surface area (Å²) in [4.78, 5) is 30.1. The lowest BCUT2D eigenvalue weighted by atomic mass is 9.86. The minimum atomic E-state index is -0.130. The molecule has 9 heteroatoms. The van der Waals surface area contributed by atoms with Crippen LogP contribution < -0.4 is 10.6 Å². The van der Waals surface area contributed by atoms with E-state index in [1.54, 1.807) is 12.4 Å². The number of nitrogens with one attached hydrogen (secondary N) is 2. The summed E-state index contributed by atoms with van der Waals surface area (Å²) in [6.45, 7) is 2.53. The maximum atomic E-state index is 12.4. The van der Waals surface area contributed by atoms with Crippen molar-refractivity contribution in [3.63, 3.8) is 0 Å². The topological polar surface area (TPSA) is 97.6 Å². The number of hydrogen-bond acceptors (Lipinski definition) is 6. The smallest absolute Gasteiger partial charge is 0.270 e. The number of pyridine rings is 1. The number of imidazole rings is 1. The molecule has 0 bridgehead atoms. The van der Waals surface area contributed by atoms with Crippen LogP contribution in [-0.4, -0.2) is 36.5 Å². The lowest BCUT2D eigenvalue weighted by Crippen LogP contribution is -2.45. The number of anilines is 1. The zero-order valence-corrected chi connectivity index (χ0v) is 19.1. The normalized spacial score (nSPS) is 17.7. The highest BCUT2D eigenvalue weighted by molar-refractivity contribution is 9.10. The summed E-state index contributed by atoms with van der Waals surface area (Å²) in [5, 5.41) is 6.43. The molecule has 1 aliphatic rings. The highest BCUT2D eigenvalue weighted by Gasteiger charge is 2.33. The highest BCUT2D eigenvalue weighted by Crippen LogP contribution is 2.35. The summed E-state index contributed by atoms with van der Waals surface area (Å²) in [6.07, 6.45) is 5.03. The number of aromatic nitrogens is 5. The zero-order chi connectivity index (χ0) is 22.1. The number of rotatable bonds is 6. The molecule has 1 saturated carbocycles. The summed E-state index contributed by atoms with van der Waals surface area (Å²) in [5.74, 6) is 0.584. The summed E-state index contributed by atoms with van der Waals surface area (Å²) >= 11 is 3.45. The van der Waals surface area contributed by atoms with Gasteiger partial charge in [0.25, 0.3) is 5.91 Å². The molecule has 8 nitrogen and oxygen atoms in total. The Kier molecular flexibility index (Phi) is 5.57. The number of benzene rings is 1. The Bertz CT molecular complexity index is 1270. The van der Waals surface area contributed by atoms with Crippen LogP contribution in [0.4, 0.5) is 5.82 Å². The number of amides is 1. The number of nitrogens with zero attached hydrogens (tertiary/aromatic N) is 5. The molecule has 1 aromatic carbocycles. The van der Waals surface area contributed by atoms with Gasteiger partial charge in [-0.05, 0) is 49.6 Å². The first-order chi connectivity index (χ1) is 15.6. The molecule has 162 valence electrons. The minimum absolute atomic E-state index is 0.115. The molecule has 0 aliphatic heterocycles. The molecule has 1 fully saturated rings. The van der Waals surface area contributed by atoms with Gasteiger partial charge in [0.15, 0.2) is 11.5 Å². The van der Waals surface area contributed by atoms with Gasteiger partial charge in [-0.15, -0.1) is 0 Å². The molecule has 32 heavy (non-hydrogen) atoms. The van der Waals surface area contributed by atoms with Crippen molar-refractivity contribution in [1.82, 2.24) is 29.8 Å². The molecule has 1 amide bonds. The SMILES string of the molecule is Cc1cccc(C(=O)NC2CC(n3cnc4c(NCc5ccc(Br)cc5)ncnc43)C2)n1. The third-order valence-corrected chi connectivity index (χ3v) is 6.22. The second-order valence-electron chi connectivity index (χ2n) is 7.99. The fourth-order valence-corrected chi connectivity index (χ4v) is 4.16. The molecule has 3 heterocycles. The second-order valence-corrected chi connectivity index (χ2v) is 8.90. The summed E-state index contributed by atoms with van der Waals surface area (Å²) < 4.78 is 3.13. The number of halogens is 1. The van der Waals surface area contributed by atoms with Crippen LogP contribution in [0.2, 0.25) is 0 Å². The van der Waals surface area contributed by atoms with Crippen LogP contribution >= 0.6 is 15.9 Å². The molecule has 0 spiro atoms. The zero-order valence-electron chi connectivity index (χ0n) is 17.5. The van der Waals surface area contributed by atoms with E-state index in [1.807, 2.05) is 37.5 Å². The van der Waals surface area contributed by atoms with Crippen molar-refractivity contribution >= 4 is 38.8 Å². The van der Waals surface area contributed by atoms with E-state index >= 15 is 0 Å². The van der Waals surface area contributed by atoms with Crippen LogP contribution in [0.3, 0.4) is 0 Å². The van der Waals surface area contributed by atoms with E-state index in [1.165, 1.54) is 0 Å². The predicted molar refractivity (Wildman–Crippen MR) is 125 cm³/mol. The Morgan fingerprint density at radius 1 is 1.12 bits per heavy atom. The first-order valence-electron chi connectivity index (χ1n) is 10.5. The van der Waals surface area contributed by atoms with Gasteiger partial charge in [-0.2, -0.15) is 0 Å². The van der Waals surface area contributed by atoms with Gasteiger partial charge in [-0.25, -0.2) is 19.9 Å². The first-order valence-corrected chi connectivity index (χ1v) is 11.3. The first kappa shape index (κ1) is 20.6. The Morgan fingerprint density at radius 3 is 2.72 bits per heavy atom. The Morgan fingerprint density at radius 2 is 1.94 bits per heavy atom. The van der Waals surface area contributed by atoms with E-state index in [-0.39, 0.29) is 18.0 Å². The highest BCUT2D eigenvalue weighted by atomic mass is 79.9. The van der Waals surface area contributed by atoms with E-state index in [0.717, 1.165) is 39.7 Å². The molecule has 5 rings (SSSR count). The van der Waals surface area contributed by atoms with Crippen molar-refractivity contribution in [1.29, 1.82) is 0 Å². The van der Waals surface area contributed by atoms with E-state index < -0.39 is 0 Å². The summed E-state index contributed by atoms with van der Waals surface area (Å²) in [6, 6.07) is 14.0. The van der Waals surface area contributed by atoms with Crippen molar-refractivity contribution in [3.8, 4) is 0 Å². The van der Waals surface area contributed by atoms with Crippen molar-refractivity contribution in [2.75, 3.05) is 5.32 Å². The molecule has 0 saturated heterocycles. The van der Waals surface area contributed by atoms with Crippen LogP contribution in [0.25, 0.3) is 11.2 Å². The van der Waals surface area contributed by atoms with Crippen molar-refractivity contribution < 1.29 is 4.79 Å². The molecule has 2 N–H and O–H groups in total. The number of carbonyl (C=O) groups is 1. The summed E-state index contributed by atoms with van der Waals surface area (Å²) in [7, 11) is 0. The lowest BCUT2D eigenvalue weighted by molar-refractivity contribution is 0.0889. The van der Waals surface area contributed by atoms with Gasteiger partial charge in [-0.1, -0.05) is 34.1 Å². The van der Waals surface area contributed by atoms with E-state index in [4.69, 9.17) is 0 Å². The van der Waals surface area contributed by atoms with Crippen LogP contribution in [0.15, 0.2) is 59.6 Å². The van der Waals surface area contributed by atoms with E-state index in [9.17, 15) is 4.79 Å². The van der Waals surface area contributed by atoms with Crippen LogP contribution in [-0.2, 0) is 6.54 Å². The standard InChI is InChI=1S/C23H22BrN7O/c1-14-3-2-4-19(29-14)23(32)30-17-9-18(10-17)31-13-28-20-21(26-12-27-22(20)31)25-11-15-5-7-16(24)8-6-15/h2-8,12-13,17-18H,9-11H2,1H3,(H,30,32)(H,25,26,27). The van der Waals surface area contributed by atoms with Crippen LogP contribution in [0.1, 0.15) is 40.6 Å². The number of aryl methyl sites for hydroxylation is 1. The minimum Gasteiger partial charge on any atom is -0.364 e. The molecule has 4 aromatic rings. The number of hydrogen-bond donors (Lipinski definition) is 2. The number of carbonyl (C=O) groups excluding carboxylic acids is 1. The summed E-state index contributed by atoms with van der Waals surface area (Å²) in [5.41, 5.74) is 3.99. The predicted octanol–water partition coefficient (Wildman–Crippen LogP) is 4.04. The van der Waals surface area contributed by atoms with Crippen molar-refractivity contribution in [3.05, 3.63) is 76.5 Å². The Labute approximate surface area is 193 Å². The van der Waals surface area contributed by atoms with Gasteiger partial charge in [0.1, 0.15) is 17.5 Å². The Balaban J connectivity index is 1.23. The lowest BCUT2D eigenvalue weighted by Gasteiger charge is -2.36. The maximum absolute atomic E-state index is 12.4. The van der Waals surface area contributed by atoms with Crippen molar-refractivity contribution in [2.24, 2.45) is 0 Å². The maximum Gasteiger partial charge on any atom is 0.270 e. The van der Waals surface area contributed by atoms with E-state index in [0.29, 0.717) is 18.1 Å². The molecular formula is C23H22BrN7O. The van der Waals surface area contributed by atoms with Gasteiger partial charge in [0.05, 0.1) is 6.33 Å². The van der Waals surface area contributed by atoms with Gasteiger partial charge >= 0.3 is 0 Å². The van der Waals surface area contributed by atoms with Gasteiger partial charge in [0.2, 0.25) is 0 Å². The fraction of sp³-hybridized carbons (Fsp3) is 0.261. The monoisotopic (exact) mass is 491 g/mol. The molecule has 1 aliphatic carbocycles. The van der Waals surface area contributed by atoms with Crippen molar-refractivity contribution in [2.45, 2.75) is 38.4 Å². The Hall–Kier alpha value is -3.33. The van der Waals surface area contributed by atoms with Gasteiger partial charge in [0, 0.05) is 28.8 Å². The third-order valence-electron chi connectivity index (χ3n) is 5.69. The quantitative estimate of drug-likeness (QED) is 0.422. The van der Waals surface area contributed by atoms with Gasteiger partial charge < -0.3 is 15.2 Å². The average molecular weight is 492 g/mol. The van der Waals surface area contributed by atoms with Crippen LogP contribution in [0.5, 0.6) is 0 Å². The largest absolute Gasteiger partial charge is 0.364 e. The molecule has 3 aromatic heterocycles. The molecule has 0 radical (unpaired) electrons. The van der Waals surface area contributed by atoms with Crippen LogP contribution in [0, 0.1) is 6.92 Å². The average Bonchev–Trinajstić information content (AvgIpc) is 3.19. The third kappa shape index (κ3) is 4.20. The molecular weight excluding hydrogens is 470 g/mol. The van der Waals surface area contributed by atoms with Gasteiger partial charge in [-0.3, -0.25) is 4.79 Å². The fourth-order valence-electron chi connectivity index (χ4n) is 3.90. The second kappa shape index (κ2) is 8.66. The number of fused-ring (bicyclic) bond motifs is 1. The molecule has 0 atom stereocenters. The van der Waals surface area contributed by atoms with E-state index in [2.05, 4.69) is 63.2 Å². The molecule has 0 unspecified atom stereocenters.